The van der Waals surface area contributed by atoms with Crippen molar-refractivity contribution in [3.8, 4) is 0 Å². The second-order valence-electron chi connectivity index (χ2n) is 4.16. The molecular weight excluding hydrogens is 160 g/mol. The van der Waals surface area contributed by atoms with Crippen molar-refractivity contribution in [1.82, 2.24) is 0 Å². The van der Waals surface area contributed by atoms with Gasteiger partial charge in [0.25, 0.3) is 0 Å². The van der Waals surface area contributed by atoms with E-state index in [0.717, 1.165) is 19.3 Å². The van der Waals surface area contributed by atoms with Gasteiger partial charge in [-0.3, -0.25) is 4.79 Å². The summed E-state index contributed by atoms with van der Waals surface area (Å²) in [4.78, 5) is 11.3. The number of carbonyl (C=O) groups is 1. The predicted octanol–water partition coefficient (Wildman–Crippen LogP) is 3.74. The van der Waals surface area contributed by atoms with Gasteiger partial charge in [0.05, 0.1) is 0 Å². The number of carbonyl (C=O) groups excluding carboxylic acids is 1. The Labute approximate surface area is 82.2 Å². The van der Waals surface area contributed by atoms with Gasteiger partial charge >= 0.3 is 0 Å². The van der Waals surface area contributed by atoms with Crippen LogP contribution in [-0.4, -0.2) is 5.78 Å². The van der Waals surface area contributed by atoms with Gasteiger partial charge in [0.15, 0.2) is 5.78 Å². The topological polar surface area (TPSA) is 17.1 Å². The van der Waals surface area contributed by atoms with Gasteiger partial charge in [0, 0.05) is 6.42 Å². The van der Waals surface area contributed by atoms with Gasteiger partial charge in [0.2, 0.25) is 0 Å². The van der Waals surface area contributed by atoms with E-state index in [1.807, 2.05) is 13.0 Å². The molecule has 0 unspecified atom stereocenters. The van der Waals surface area contributed by atoms with Crippen molar-refractivity contribution in [3.05, 3.63) is 11.6 Å². The highest BCUT2D eigenvalue weighted by Gasteiger charge is 2.00. The van der Waals surface area contributed by atoms with Gasteiger partial charge in [-0.05, 0) is 31.8 Å². The molecule has 13 heavy (non-hydrogen) atoms. The van der Waals surface area contributed by atoms with Crippen LogP contribution in [0, 0.1) is 5.92 Å². The maximum Gasteiger partial charge on any atom is 0.155 e. The van der Waals surface area contributed by atoms with E-state index >= 15 is 0 Å². The lowest BCUT2D eigenvalue weighted by Crippen LogP contribution is -1.96. The molecule has 1 heteroatoms. The average molecular weight is 182 g/mol. The summed E-state index contributed by atoms with van der Waals surface area (Å²) in [5, 5.41) is 0. The summed E-state index contributed by atoms with van der Waals surface area (Å²) < 4.78 is 0. The molecule has 0 amide bonds. The van der Waals surface area contributed by atoms with E-state index < -0.39 is 0 Å². The Bertz CT molecular complexity index is 178. The number of unbranched alkanes of at least 4 members (excludes halogenated alkanes) is 1. The maximum absolute atomic E-state index is 11.3. The number of hydrogen-bond acceptors (Lipinski definition) is 1. The summed E-state index contributed by atoms with van der Waals surface area (Å²) in [7, 11) is 0. The first-order chi connectivity index (χ1) is 6.06. The van der Waals surface area contributed by atoms with E-state index in [9.17, 15) is 4.79 Å². The molecule has 0 heterocycles. The molecule has 0 radical (unpaired) electrons. The lowest BCUT2D eigenvalue weighted by molar-refractivity contribution is -0.114. The third-order valence-corrected chi connectivity index (χ3v) is 1.91. The van der Waals surface area contributed by atoms with Gasteiger partial charge in [-0.15, -0.1) is 0 Å². The first-order valence-corrected chi connectivity index (χ1v) is 5.26. The normalized spacial score (nSPS) is 12.2. The van der Waals surface area contributed by atoms with Crippen LogP contribution in [0.4, 0.5) is 0 Å². The molecule has 0 saturated carbocycles. The third-order valence-electron chi connectivity index (χ3n) is 1.91. The zero-order valence-electron chi connectivity index (χ0n) is 9.39. The Morgan fingerprint density at radius 3 is 2.46 bits per heavy atom. The van der Waals surface area contributed by atoms with Gasteiger partial charge in [0.1, 0.15) is 0 Å². The van der Waals surface area contributed by atoms with Crippen LogP contribution in [0.5, 0.6) is 0 Å². The largest absolute Gasteiger partial charge is 0.295 e. The minimum atomic E-state index is 0.292. The molecule has 0 aromatic heterocycles. The molecule has 0 saturated heterocycles. The van der Waals surface area contributed by atoms with E-state index in [1.165, 1.54) is 5.57 Å². The van der Waals surface area contributed by atoms with Gasteiger partial charge in [-0.1, -0.05) is 32.8 Å². The fourth-order valence-corrected chi connectivity index (χ4v) is 1.40. The standard InChI is InChI=1S/C12H22O/c1-5-6-7-12(13)9-11(4)8-10(2)3/h9-10H,5-8H2,1-4H3/b11-9+. The van der Waals surface area contributed by atoms with Crippen molar-refractivity contribution in [2.24, 2.45) is 5.92 Å². The molecule has 76 valence electrons. The Kier molecular flexibility index (Phi) is 6.56. The Balaban J connectivity index is 3.84. The van der Waals surface area contributed by atoms with E-state index in [1.54, 1.807) is 0 Å². The summed E-state index contributed by atoms with van der Waals surface area (Å²) in [6.07, 6.45) is 5.69. The van der Waals surface area contributed by atoms with Crippen LogP contribution >= 0.6 is 0 Å². The summed E-state index contributed by atoms with van der Waals surface area (Å²) in [5.74, 6) is 0.940. The highest BCUT2D eigenvalue weighted by Crippen LogP contribution is 2.10. The molecule has 0 fully saturated rings. The Morgan fingerprint density at radius 1 is 1.38 bits per heavy atom. The van der Waals surface area contributed by atoms with Gasteiger partial charge in [-0.2, -0.15) is 0 Å². The monoisotopic (exact) mass is 182 g/mol. The summed E-state index contributed by atoms with van der Waals surface area (Å²) in [6, 6.07) is 0. The van der Waals surface area contributed by atoms with Crippen molar-refractivity contribution >= 4 is 5.78 Å². The zero-order chi connectivity index (χ0) is 10.3. The van der Waals surface area contributed by atoms with Crippen molar-refractivity contribution in [1.29, 1.82) is 0 Å². The molecule has 1 nitrogen and oxygen atoms in total. The number of rotatable bonds is 6. The van der Waals surface area contributed by atoms with Crippen LogP contribution in [0.2, 0.25) is 0 Å². The molecule has 0 atom stereocenters. The molecule has 0 aliphatic heterocycles. The van der Waals surface area contributed by atoms with Crippen molar-refractivity contribution in [2.75, 3.05) is 0 Å². The maximum atomic E-state index is 11.3. The molecule has 0 spiro atoms. The summed E-state index contributed by atoms with van der Waals surface area (Å²) in [6.45, 7) is 8.50. The van der Waals surface area contributed by atoms with E-state index in [0.29, 0.717) is 18.1 Å². The molecular formula is C12H22O. The lowest BCUT2D eigenvalue weighted by atomic mass is 10.0. The molecule has 0 aromatic carbocycles. The molecule has 0 aromatic rings. The molecule has 0 bridgehead atoms. The minimum absolute atomic E-state index is 0.292. The Hall–Kier alpha value is -0.590. The zero-order valence-corrected chi connectivity index (χ0v) is 9.39. The van der Waals surface area contributed by atoms with Crippen molar-refractivity contribution in [3.63, 3.8) is 0 Å². The van der Waals surface area contributed by atoms with Crippen molar-refractivity contribution in [2.45, 2.75) is 53.4 Å². The fourth-order valence-electron chi connectivity index (χ4n) is 1.40. The second kappa shape index (κ2) is 6.88. The fraction of sp³-hybridized carbons (Fsp3) is 0.750. The van der Waals surface area contributed by atoms with E-state index in [-0.39, 0.29) is 0 Å². The van der Waals surface area contributed by atoms with Crippen LogP contribution in [0.3, 0.4) is 0 Å². The first kappa shape index (κ1) is 12.4. The average Bonchev–Trinajstić information content (AvgIpc) is 1.98. The number of hydrogen-bond donors (Lipinski definition) is 0. The highest BCUT2D eigenvalue weighted by atomic mass is 16.1. The number of allylic oxidation sites excluding steroid dienone is 2. The smallest absolute Gasteiger partial charge is 0.155 e. The third kappa shape index (κ3) is 7.76. The van der Waals surface area contributed by atoms with Crippen LogP contribution in [0.15, 0.2) is 11.6 Å². The molecule has 0 aliphatic rings. The summed E-state index contributed by atoms with van der Waals surface area (Å²) in [5.41, 5.74) is 1.22. The van der Waals surface area contributed by atoms with E-state index in [4.69, 9.17) is 0 Å². The van der Waals surface area contributed by atoms with Gasteiger partial charge in [-0.25, -0.2) is 0 Å². The van der Waals surface area contributed by atoms with Crippen LogP contribution in [-0.2, 0) is 4.79 Å². The molecule has 0 aliphatic carbocycles. The lowest BCUT2D eigenvalue weighted by Gasteiger charge is -2.03. The van der Waals surface area contributed by atoms with E-state index in [2.05, 4.69) is 20.8 Å². The Morgan fingerprint density at radius 2 is 2.00 bits per heavy atom. The van der Waals surface area contributed by atoms with Gasteiger partial charge < -0.3 is 0 Å². The highest BCUT2D eigenvalue weighted by molar-refractivity contribution is 5.90. The van der Waals surface area contributed by atoms with Crippen LogP contribution in [0.25, 0.3) is 0 Å². The quantitative estimate of drug-likeness (QED) is 0.572. The minimum Gasteiger partial charge on any atom is -0.295 e. The first-order valence-electron chi connectivity index (χ1n) is 5.26. The molecule has 0 N–H and O–H groups in total. The number of ketones is 1. The second-order valence-corrected chi connectivity index (χ2v) is 4.16. The van der Waals surface area contributed by atoms with Crippen LogP contribution in [0.1, 0.15) is 53.4 Å². The SMILES string of the molecule is CCCCC(=O)/C=C(\C)CC(C)C. The molecule has 0 rings (SSSR count). The van der Waals surface area contributed by atoms with Crippen molar-refractivity contribution < 1.29 is 4.79 Å². The van der Waals surface area contributed by atoms with Crippen LogP contribution < -0.4 is 0 Å². The summed E-state index contributed by atoms with van der Waals surface area (Å²) >= 11 is 0. The predicted molar refractivity (Wildman–Crippen MR) is 57.7 cm³/mol.